The van der Waals surface area contributed by atoms with Crippen LogP contribution >= 0.6 is 11.3 Å². The van der Waals surface area contributed by atoms with Crippen molar-refractivity contribution in [3.05, 3.63) is 32.8 Å². The van der Waals surface area contributed by atoms with E-state index in [2.05, 4.69) is 10.1 Å². The summed E-state index contributed by atoms with van der Waals surface area (Å²) in [6.07, 6.45) is -3.95. The second kappa shape index (κ2) is 7.09. The lowest BCUT2D eigenvalue weighted by atomic mass is 10.1. The van der Waals surface area contributed by atoms with E-state index in [1.807, 2.05) is 5.32 Å². The molecule has 0 aromatic carbocycles. The summed E-state index contributed by atoms with van der Waals surface area (Å²) in [6.45, 7) is 1.64. The Hall–Kier alpha value is -2.37. The molecule has 0 aliphatic rings. The van der Waals surface area contributed by atoms with Crippen molar-refractivity contribution in [2.45, 2.75) is 32.4 Å². The predicted octanol–water partition coefficient (Wildman–Crippen LogP) is 2.80. The molecule has 0 aliphatic carbocycles. The molecule has 0 radical (unpaired) electrons. The molecule has 26 heavy (non-hydrogen) atoms. The SMILES string of the molecule is CCc1nc2sc(C)nn2c(=O)c1/C(C=N)=C/NCC(F)(F)C(F)(F)F. The Bertz CT molecular complexity index is 915. The van der Waals surface area contributed by atoms with E-state index in [1.54, 1.807) is 13.8 Å². The van der Waals surface area contributed by atoms with Gasteiger partial charge in [0, 0.05) is 18.0 Å². The van der Waals surface area contributed by atoms with Gasteiger partial charge in [0.1, 0.15) is 5.01 Å². The van der Waals surface area contributed by atoms with E-state index in [1.165, 1.54) is 11.3 Å². The molecule has 0 atom stereocenters. The van der Waals surface area contributed by atoms with Crippen molar-refractivity contribution in [2.24, 2.45) is 0 Å². The number of nitrogens with zero attached hydrogens (tertiary/aromatic N) is 3. The molecule has 0 spiro atoms. The van der Waals surface area contributed by atoms with Crippen LogP contribution in [0.1, 0.15) is 23.2 Å². The van der Waals surface area contributed by atoms with Crippen molar-refractivity contribution in [3.8, 4) is 0 Å². The summed E-state index contributed by atoms with van der Waals surface area (Å²) < 4.78 is 63.5. The maximum Gasteiger partial charge on any atom is 0.455 e. The first-order valence-corrected chi connectivity index (χ1v) is 8.11. The molecule has 2 heterocycles. The number of nitrogens with one attached hydrogen (secondary N) is 2. The van der Waals surface area contributed by atoms with Crippen molar-refractivity contribution < 1.29 is 22.0 Å². The van der Waals surface area contributed by atoms with E-state index in [0.717, 1.165) is 10.7 Å². The fraction of sp³-hybridized carbons (Fsp3) is 0.429. The van der Waals surface area contributed by atoms with Crippen molar-refractivity contribution in [2.75, 3.05) is 6.54 Å². The Morgan fingerprint density at radius 1 is 1.35 bits per heavy atom. The van der Waals surface area contributed by atoms with Crippen LogP contribution in [0.3, 0.4) is 0 Å². The van der Waals surface area contributed by atoms with Crippen LogP contribution in [0.5, 0.6) is 0 Å². The van der Waals surface area contributed by atoms with E-state index >= 15 is 0 Å². The fourth-order valence-electron chi connectivity index (χ4n) is 2.10. The largest absolute Gasteiger partial charge is 0.455 e. The summed E-state index contributed by atoms with van der Waals surface area (Å²) in [7, 11) is 0. The number of allylic oxidation sites excluding steroid dienone is 1. The molecule has 0 amide bonds. The quantitative estimate of drug-likeness (QED) is 0.582. The van der Waals surface area contributed by atoms with E-state index in [0.29, 0.717) is 22.6 Å². The molecule has 2 aromatic heterocycles. The van der Waals surface area contributed by atoms with Gasteiger partial charge < -0.3 is 10.7 Å². The van der Waals surface area contributed by atoms with Gasteiger partial charge in [-0.3, -0.25) is 4.79 Å². The summed E-state index contributed by atoms with van der Waals surface area (Å²) in [4.78, 5) is 17.2. The van der Waals surface area contributed by atoms with Gasteiger partial charge >= 0.3 is 12.1 Å². The molecule has 2 N–H and O–H groups in total. The van der Waals surface area contributed by atoms with E-state index in [-0.39, 0.29) is 16.8 Å². The lowest BCUT2D eigenvalue weighted by Crippen LogP contribution is -2.44. The molecule has 0 unspecified atom stereocenters. The van der Waals surface area contributed by atoms with Gasteiger partial charge in [-0.25, -0.2) is 4.98 Å². The van der Waals surface area contributed by atoms with Crippen molar-refractivity contribution in [1.29, 1.82) is 5.41 Å². The van der Waals surface area contributed by atoms with Gasteiger partial charge in [-0.1, -0.05) is 18.3 Å². The second-order valence-corrected chi connectivity index (χ2v) is 6.39. The minimum absolute atomic E-state index is 0.0758. The number of hydrogen-bond donors (Lipinski definition) is 2. The Balaban J connectivity index is 2.45. The number of halogens is 5. The average molecular weight is 395 g/mol. The Labute approximate surface area is 147 Å². The van der Waals surface area contributed by atoms with Crippen LogP contribution < -0.4 is 10.9 Å². The second-order valence-electron chi connectivity index (χ2n) is 5.23. The maximum absolute atomic E-state index is 13.0. The summed E-state index contributed by atoms with van der Waals surface area (Å²) in [5.74, 6) is -4.95. The molecule has 2 aromatic rings. The highest BCUT2D eigenvalue weighted by Crippen LogP contribution is 2.34. The first-order valence-electron chi connectivity index (χ1n) is 7.30. The van der Waals surface area contributed by atoms with Gasteiger partial charge in [-0.05, 0) is 13.3 Å². The normalized spacial score (nSPS) is 13.3. The minimum Gasteiger partial charge on any atom is -0.384 e. The summed E-state index contributed by atoms with van der Waals surface area (Å²) in [5.41, 5.74) is -0.585. The number of aromatic nitrogens is 3. The van der Waals surface area contributed by atoms with Crippen molar-refractivity contribution >= 4 is 28.1 Å². The summed E-state index contributed by atoms with van der Waals surface area (Å²) in [6, 6.07) is 0. The zero-order valence-corrected chi connectivity index (χ0v) is 14.4. The number of rotatable bonds is 6. The number of alkyl halides is 5. The van der Waals surface area contributed by atoms with E-state index in [4.69, 9.17) is 5.41 Å². The third-order valence-electron chi connectivity index (χ3n) is 3.36. The predicted molar refractivity (Wildman–Crippen MR) is 87.0 cm³/mol. The Kier molecular flexibility index (Phi) is 5.44. The third kappa shape index (κ3) is 3.74. The topological polar surface area (TPSA) is 83.1 Å². The Morgan fingerprint density at radius 3 is 2.54 bits per heavy atom. The summed E-state index contributed by atoms with van der Waals surface area (Å²) in [5, 5.41) is 13.8. The van der Waals surface area contributed by atoms with Crippen molar-refractivity contribution in [1.82, 2.24) is 19.9 Å². The molecule has 0 aliphatic heterocycles. The highest BCUT2D eigenvalue weighted by atomic mass is 32.1. The third-order valence-corrected chi connectivity index (χ3v) is 4.19. The molecule has 142 valence electrons. The molecule has 2 rings (SSSR count). The first kappa shape index (κ1) is 19.9. The van der Waals surface area contributed by atoms with Crippen LogP contribution in [-0.4, -0.2) is 39.5 Å². The van der Waals surface area contributed by atoms with Gasteiger partial charge in [0.05, 0.1) is 17.8 Å². The highest BCUT2D eigenvalue weighted by Gasteiger charge is 2.57. The van der Waals surface area contributed by atoms with Crippen LogP contribution in [0.15, 0.2) is 11.0 Å². The van der Waals surface area contributed by atoms with Gasteiger partial charge in [0.25, 0.3) is 5.56 Å². The fourth-order valence-corrected chi connectivity index (χ4v) is 2.86. The molecule has 0 bridgehead atoms. The van der Waals surface area contributed by atoms with Crippen LogP contribution in [0, 0.1) is 12.3 Å². The van der Waals surface area contributed by atoms with Crippen LogP contribution in [-0.2, 0) is 6.42 Å². The van der Waals surface area contributed by atoms with Gasteiger partial charge in [-0.2, -0.15) is 31.6 Å². The van der Waals surface area contributed by atoms with Gasteiger partial charge in [0.2, 0.25) is 4.96 Å². The van der Waals surface area contributed by atoms with Crippen molar-refractivity contribution in [3.63, 3.8) is 0 Å². The van der Waals surface area contributed by atoms with E-state index in [9.17, 15) is 26.7 Å². The summed E-state index contributed by atoms with van der Waals surface area (Å²) >= 11 is 1.17. The van der Waals surface area contributed by atoms with Crippen LogP contribution in [0.4, 0.5) is 22.0 Å². The number of hydrogen-bond acceptors (Lipinski definition) is 6. The number of aryl methyl sites for hydroxylation is 2. The molecule has 0 saturated heterocycles. The minimum atomic E-state index is -5.70. The average Bonchev–Trinajstić information content (AvgIpc) is 2.92. The van der Waals surface area contributed by atoms with Gasteiger partial charge in [-0.15, -0.1) is 0 Å². The van der Waals surface area contributed by atoms with E-state index < -0.39 is 24.2 Å². The molecular weight excluding hydrogens is 381 g/mol. The van der Waals surface area contributed by atoms with Crippen LogP contribution in [0.2, 0.25) is 0 Å². The zero-order valence-electron chi connectivity index (χ0n) is 13.6. The molecule has 0 fully saturated rings. The standard InChI is InChI=1S/C14H14F5N5OS/c1-3-9-10(11(25)24-12(22-9)26-7(2)23-24)8(4-20)5-21-6-13(15,16)14(17,18)19/h4-5,20-21H,3,6H2,1-2H3/b8-5+,20-4?. The van der Waals surface area contributed by atoms with Crippen LogP contribution in [0.25, 0.3) is 10.5 Å². The monoisotopic (exact) mass is 395 g/mol. The molecule has 0 saturated carbocycles. The Morgan fingerprint density at radius 2 is 2.00 bits per heavy atom. The smallest absolute Gasteiger partial charge is 0.384 e. The first-order chi connectivity index (χ1) is 12.0. The molecule has 6 nitrogen and oxygen atoms in total. The lowest BCUT2D eigenvalue weighted by Gasteiger charge is -2.19. The molecule has 12 heteroatoms. The number of fused-ring (bicyclic) bond motifs is 1. The highest BCUT2D eigenvalue weighted by molar-refractivity contribution is 7.16. The maximum atomic E-state index is 13.0. The zero-order chi connectivity index (χ0) is 19.7. The van der Waals surface area contributed by atoms with Gasteiger partial charge in [0.15, 0.2) is 0 Å². The lowest BCUT2D eigenvalue weighted by molar-refractivity contribution is -0.278. The molecular formula is C14H14F5N5OS.